The van der Waals surface area contributed by atoms with Crippen LogP contribution in [-0.4, -0.2) is 34.6 Å². The van der Waals surface area contributed by atoms with Crippen LogP contribution in [0, 0.1) is 0 Å². The second kappa shape index (κ2) is 6.06. The summed E-state index contributed by atoms with van der Waals surface area (Å²) >= 11 is 1.60. The lowest BCUT2D eigenvalue weighted by molar-refractivity contribution is -0.137. The fourth-order valence-electron chi connectivity index (χ4n) is 1.99. The van der Waals surface area contributed by atoms with E-state index in [2.05, 4.69) is 5.32 Å². The van der Waals surface area contributed by atoms with Gasteiger partial charge in [-0.15, -0.1) is 11.3 Å². The molecule has 0 spiro atoms. The van der Waals surface area contributed by atoms with E-state index in [-0.39, 0.29) is 24.7 Å². The van der Waals surface area contributed by atoms with Crippen LogP contribution in [0.2, 0.25) is 0 Å². The van der Waals surface area contributed by atoms with Gasteiger partial charge >= 0.3 is 12.0 Å². The molecule has 2 amide bonds. The van der Waals surface area contributed by atoms with Crippen molar-refractivity contribution >= 4 is 23.3 Å². The molecule has 104 valence electrons. The molecule has 0 aliphatic heterocycles. The third-order valence-electron chi connectivity index (χ3n) is 3.15. The molecule has 1 heterocycles. The number of hydrogen-bond acceptors (Lipinski definition) is 3. The third-order valence-corrected chi connectivity index (χ3v) is 4.13. The second-order valence-electron chi connectivity index (χ2n) is 4.68. The van der Waals surface area contributed by atoms with Crippen LogP contribution in [-0.2, 0) is 4.79 Å². The Morgan fingerprint density at radius 1 is 1.58 bits per heavy atom. The van der Waals surface area contributed by atoms with Crippen LogP contribution in [0.1, 0.15) is 37.1 Å². The first kappa shape index (κ1) is 13.9. The molecule has 0 saturated heterocycles. The van der Waals surface area contributed by atoms with Crippen molar-refractivity contribution in [1.29, 1.82) is 0 Å². The third kappa shape index (κ3) is 3.70. The van der Waals surface area contributed by atoms with Gasteiger partial charge < -0.3 is 15.3 Å². The van der Waals surface area contributed by atoms with Gasteiger partial charge in [-0.2, -0.15) is 0 Å². The molecule has 1 aromatic heterocycles. The molecule has 1 saturated carbocycles. The van der Waals surface area contributed by atoms with E-state index in [1.807, 2.05) is 24.4 Å². The van der Waals surface area contributed by atoms with Crippen molar-refractivity contribution in [3.8, 4) is 0 Å². The van der Waals surface area contributed by atoms with Gasteiger partial charge in [0.15, 0.2) is 0 Å². The van der Waals surface area contributed by atoms with E-state index in [4.69, 9.17) is 5.11 Å². The molecule has 1 aliphatic rings. The number of amides is 2. The summed E-state index contributed by atoms with van der Waals surface area (Å²) in [4.78, 5) is 25.5. The fourth-order valence-corrected chi connectivity index (χ4v) is 2.86. The van der Waals surface area contributed by atoms with Gasteiger partial charge in [-0.3, -0.25) is 4.79 Å². The SMILES string of the molecule is CCC(NC(=O)N(CC(=O)O)C1CC1)c1cccs1. The van der Waals surface area contributed by atoms with Gasteiger partial charge in [0.05, 0.1) is 6.04 Å². The zero-order valence-corrected chi connectivity index (χ0v) is 11.7. The Hall–Kier alpha value is -1.56. The van der Waals surface area contributed by atoms with Crippen molar-refractivity contribution in [3.63, 3.8) is 0 Å². The van der Waals surface area contributed by atoms with Crippen molar-refractivity contribution in [1.82, 2.24) is 10.2 Å². The average molecular weight is 282 g/mol. The first-order chi connectivity index (χ1) is 9.11. The summed E-state index contributed by atoms with van der Waals surface area (Å²) in [5.41, 5.74) is 0. The van der Waals surface area contributed by atoms with E-state index in [1.54, 1.807) is 11.3 Å². The van der Waals surface area contributed by atoms with Gasteiger partial charge in [0.2, 0.25) is 0 Å². The van der Waals surface area contributed by atoms with Crippen molar-refractivity contribution in [2.24, 2.45) is 0 Å². The van der Waals surface area contributed by atoms with Gasteiger partial charge in [-0.05, 0) is 30.7 Å². The summed E-state index contributed by atoms with van der Waals surface area (Å²) in [5, 5.41) is 13.8. The highest BCUT2D eigenvalue weighted by molar-refractivity contribution is 7.10. The van der Waals surface area contributed by atoms with Gasteiger partial charge in [-0.25, -0.2) is 4.79 Å². The van der Waals surface area contributed by atoms with Crippen LogP contribution in [0.3, 0.4) is 0 Å². The summed E-state index contributed by atoms with van der Waals surface area (Å²) in [7, 11) is 0. The molecule has 0 aromatic carbocycles. The van der Waals surface area contributed by atoms with Crippen molar-refractivity contribution in [2.75, 3.05) is 6.54 Å². The number of nitrogens with one attached hydrogen (secondary N) is 1. The highest BCUT2D eigenvalue weighted by Gasteiger charge is 2.34. The molecule has 0 bridgehead atoms. The standard InChI is InChI=1S/C13H18N2O3S/c1-2-10(11-4-3-7-19-11)14-13(18)15(8-12(16)17)9-5-6-9/h3-4,7,9-10H,2,5-6,8H2,1H3,(H,14,18)(H,16,17). The number of rotatable bonds is 6. The van der Waals surface area contributed by atoms with E-state index >= 15 is 0 Å². The lowest BCUT2D eigenvalue weighted by atomic mass is 10.2. The summed E-state index contributed by atoms with van der Waals surface area (Å²) in [6.45, 7) is 1.78. The van der Waals surface area contributed by atoms with Gasteiger partial charge in [0.25, 0.3) is 0 Å². The van der Waals surface area contributed by atoms with E-state index in [0.29, 0.717) is 0 Å². The predicted molar refractivity (Wildman–Crippen MR) is 73.2 cm³/mol. The number of urea groups is 1. The van der Waals surface area contributed by atoms with Gasteiger partial charge in [-0.1, -0.05) is 13.0 Å². The highest BCUT2D eigenvalue weighted by atomic mass is 32.1. The van der Waals surface area contributed by atoms with E-state index in [0.717, 1.165) is 24.1 Å². The molecule has 19 heavy (non-hydrogen) atoms. The number of aliphatic carboxylic acids is 1. The Kier molecular flexibility index (Phi) is 4.42. The zero-order chi connectivity index (χ0) is 13.8. The van der Waals surface area contributed by atoms with Crippen molar-refractivity contribution < 1.29 is 14.7 Å². The first-order valence-electron chi connectivity index (χ1n) is 6.44. The number of carbonyl (C=O) groups is 2. The number of carboxylic acid groups (broad SMARTS) is 1. The normalized spacial score (nSPS) is 15.8. The summed E-state index contributed by atoms with van der Waals surface area (Å²) in [5.74, 6) is -0.966. The van der Waals surface area contributed by atoms with E-state index < -0.39 is 5.97 Å². The number of carboxylic acids is 1. The number of carbonyl (C=O) groups excluding carboxylic acids is 1. The van der Waals surface area contributed by atoms with Gasteiger partial charge in [0, 0.05) is 10.9 Å². The zero-order valence-electron chi connectivity index (χ0n) is 10.8. The largest absolute Gasteiger partial charge is 0.480 e. The Morgan fingerprint density at radius 2 is 2.32 bits per heavy atom. The monoisotopic (exact) mass is 282 g/mol. The minimum absolute atomic E-state index is 0.0393. The van der Waals surface area contributed by atoms with E-state index in [9.17, 15) is 9.59 Å². The molecular formula is C13H18N2O3S. The quantitative estimate of drug-likeness (QED) is 0.842. The lowest BCUT2D eigenvalue weighted by Crippen LogP contribution is -2.45. The van der Waals surface area contributed by atoms with Crippen molar-refractivity contribution in [2.45, 2.75) is 38.3 Å². The molecule has 0 radical (unpaired) electrons. The maximum absolute atomic E-state index is 12.2. The summed E-state index contributed by atoms with van der Waals surface area (Å²) in [6, 6.07) is 3.72. The molecule has 2 rings (SSSR count). The van der Waals surface area contributed by atoms with Crippen LogP contribution in [0.4, 0.5) is 4.79 Å². The Labute approximate surface area is 116 Å². The number of nitrogens with zero attached hydrogens (tertiary/aromatic N) is 1. The van der Waals surface area contributed by atoms with Crippen LogP contribution in [0.15, 0.2) is 17.5 Å². The Morgan fingerprint density at radius 3 is 2.79 bits per heavy atom. The van der Waals surface area contributed by atoms with Gasteiger partial charge in [0.1, 0.15) is 6.54 Å². The average Bonchev–Trinajstić information content (AvgIpc) is 3.07. The van der Waals surface area contributed by atoms with Crippen LogP contribution in [0.5, 0.6) is 0 Å². The molecular weight excluding hydrogens is 264 g/mol. The number of hydrogen-bond donors (Lipinski definition) is 2. The molecule has 6 heteroatoms. The van der Waals surface area contributed by atoms with Crippen LogP contribution < -0.4 is 5.32 Å². The molecule has 5 nitrogen and oxygen atoms in total. The molecule has 1 fully saturated rings. The van der Waals surface area contributed by atoms with Crippen LogP contribution >= 0.6 is 11.3 Å². The molecule has 1 aromatic rings. The molecule has 2 N–H and O–H groups in total. The molecule has 1 aliphatic carbocycles. The molecule has 1 atom stereocenters. The lowest BCUT2D eigenvalue weighted by Gasteiger charge is -2.24. The maximum Gasteiger partial charge on any atom is 0.323 e. The fraction of sp³-hybridized carbons (Fsp3) is 0.538. The second-order valence-corrected chi connectivity index (χ2v) is 5.66. The number of thiophene rings is 1. The van der Waals surface area contributed by atoms with Crippen molar-refractivity contribution in [3.05, 3.63) is 22.4 Å². The predicted octanol–water partition coefficient (Wildman–Crippen LogP) is 2.46. The molecule has 1 unspecified atom stereocenters. The summed E-state index contributed by atoms with van der Waals surface area (Å²) < 4.78 is 0. The Bertz CT molecular complexity index is 443. The van der Waals surface area contributed by atoms with Crippen LogP contribution in [0.25, 0.3) is 0 Å². The Balaban J connectivity index is 1.99. The minimum atomic E-state index is -0.966. The summed E-state index contributed by atoms with van der Waals surface area (Å²) in [6.07, 6.45) is 2.59. The first-order valence-corrected chi connectivity index (χ1v) is 7.32. The van der Waals surface area contributed by atoms with E-state index in [1.165, 1.54) is 4.90 Å². The minimum Gasteiger partial charge on any atom is -0.480 e. The smallest absolute Gasteiger partial charge is 0.323 e. The highest BCUT2D eigenvalue weighted by Crippen LogP contribution is 2.28. The maximum atomic E-state index is 12.2. The topological polar surface area (TPSA) is 69.6 Å².